The second kappa shape index (κ2) is 7.07. The van der Waals surface area contributed by atoms with Gasteiger partial charge < -0.3 is 24.6 Å². The molecule has 2 aromatic rings. The first kappa shape index (κ1) is 16.4. The van der Waals surface area contributed by atoms with E-state index in [0.717, 1.165) is 36.1 Å². The summed E-state index contributed by atoms with van der Waals surface area (Å²) >= 11 is 0. The molecule has 4 rings (SSSR count). The van der Waals surface area contributed by atoms with E-state index in [0.29, 0.717) is 32.3 Å². The molecule has 1 aromatic carbocycles. The summed E-state index contributed by atoms with van der Waals surface area (Å²) in [5.74, 6) is 2.96. The van der Waals surface area contributed by atoms with Gasteiger partial charge in [0, 0.05) is 51.1 Å². The van der Waals surface area contributed by atoms with Crippen LogP contribution in [0.5, 0.6) is 11.5 Å². The van der Waals surface area contributed by atoms with Crippen molar-refractivity contribution in [1.29, 1.82) is 0 Å². The number of anilines is 3. The quantitative estimate of drug-likeness (QED) is 0.897. The van der Waals surface area contributed by atoms with Gasteiger partial charge in [0.15, 0.2) is 11.5 Å². The fourth-order valence-corrected chi connectivity index (χ4v) is 3.09. The van der Waals surface area contributed by atoms with Gasteiger partial charge >= 0.3 is 0 Å². The van der Waals surface area contributed by atoms with Crippen molar-refractivity contribution in [2.75, 3.05) is 49.6 Å². The van der Waals surface area contributed by atoms with Gasteiger partial charge in [0.05, 0.1) is 0 Å². The number of rotatable bonds is 3. The van der Waals surface area contributed by atoms with Gasteiger partial charge in [-0.3, -0.25) is 4.79 Å². The summed E-state index contributed by atoms with van der Waals surface area (Å²) in [6.07, 6.45) is 1.74. The highest BCUT2D eigenvalue weighted by Crippen LogP contribution is 2.33. The predicted molar refractivity (Wildman–Crippen MR) is 97.2 cm³/mol. The summed E-state index contributed by atoms with van der Waals surface area (Å²) in [4.78, 5) is 24.4. The van der Waals surface area contributed by atoms with Crippen LogP contribution in [-0.2, 0) is 4.79 Å². The number of carbonyl (C=O) groups excluding carboxylic acids is 1. The molecule has 0 atom stereocenters. The molecule has 3 heterocycles. The third kappa shape index (κ3) is 3.49. The van der Waals surface area contributed by atoms with Gasteiger partial charge in [-0.05, 0) is 18.2 Å². The first-order valence-electron chi connectivity index (χ1n) is 8.69. The van der Waals surface area contributed by atoms with Crippen molar-refractivity contribution in [3.05, 3.63) is 30.5 Å². The molecule has 0 unspecified atom stereocenters. The third-order valence-electron chi connectivity index (χ3n) is 4.49. The zero-order valence-electron chi connectivity index (χ0n) is 14.6. The van der Waals surface area contributed by atoms with Crippen LogP contribution in [0.2, 0.25) is 0 Å². The highest BCUT2D eigenvalue weighted by molar-refractivity contribution is 5.73. The van der Waals surface area contributed by atoms with E-state index in [1.807, 2.05) is 29.2 Å². The van der Waals surface area contributed by atoms with Crippen LogP contribution >= 0.6 is 0 Å². The van der Waals surface area contributed by atoms with Gasteiger partial charge in [0.2, 0.25) is 11.9 Å². The Kier molecular flexibility index (Phi) is 4.47. The van der Waals surface area contributed by atoms with Crippen LogP contribution in [0.25, 0.3) is 0 Å². The molecule has 2 aliphatic rings. The van der Waals surface area contributed by atoms with Crippen LogP contribution in [0.15, 0.2) is 30.5 Å². The first-order chi connectivity index (χ1) is 12.7. The average molecular weight is 355 g/mol. The average Bonchev–Trinajstić information content (AvgIpc) is 2.68. The minimum Gasteiger partial charge on any atom is -0.486 e. The minimum absolute atomic E-state index is 0.119. The van der Waals surface area contributed by atoms with Crippen molar-refractivity contribution < 1.29 is 14.3 Å². The number of fused-ring (bicyclic) bond motifs is 1. The molecule has 8 heteroatoms. The summed E-state index contributed by atoms with van der Waals surface area (Å²) in [6.45, 7) is 5.68. The lowest BCUT2D eigenvalue weighted by molar-refractivity contribution is -0.129. The molecule has 0 spiro atoms. The molecule has 0 bridgehead atoms. The van der Waals surface area contributed by atoms with Crippen LogP contribution in [0.3, 0.4) is 0 Å². The molecule has 1 fully saturated rings. The van der Waals surface area contributed by atoms with E-state index in [1.165, 1.54) is 0 Å². The standard InChI is InChI=1S/C18H21N5O3/c1-13(24)22-6-8-23(9-7-22)17-4-5-19-18(21-17)20-14-2-3-15-16(12-14)26-11-10-25-15/h2-5,12H,6-11H2,1H3,(H,19,20,21). The molecular formula is C18H21N5O3. The van der Waals surface area contributed by atoms with E-state index < -0.39 is 0 Å². The maximum absolute atomic E-state index is 11.5. The summed E-state index contributed by atoms with van der Waals surface area (Å²) in [5.41, 5.74) is 0.841. The maximum atomic E-state index is 11.5. The summed E-state index contributed by atoms with van der Waals surface area (Å²) in [6, 6.07) is 7.56. The van der Waals surface area contributed by atoms with E-state index in [2.05, 4.69) is 20.2 Å². The van der Waals surface area contributed by atoms with Crippen molar-refractivity contribution in [1.82, 2.24) is 14.9 Å². The topological polar surface area (TPSA) is 79.8 Å². The third-order valence-corrected chi connectivity index (χ3v) is 4.49. The smallest absolute Gasteiger partial charge is 0.229 e. The number of hydrogen-bond donors (Lipinski definition) is 1. The molecule has 1 N–H and O–H groups in total. The number of amides is 1. The second-order valence-electron chi connectivity index (χ2n) is 6.21. The van der Waals surface area contributed by atoms with Gasteiger partial charge in [0.1, 0.15) is 19.0 Å². The summed E-state index contributed by atoms with van der Waals surface area (Å²) < 4.78 is 11.1. The Morgan fingerprint density at radius 3 is 2.62 bits per heavy atom. The van der Waals surface area contributed by atoms with E-state index in [4.69, 9.17) is 9.47 Å². The number of nitrogens with zero attached hydrogens (tertiary/aromatic N) is 4. The SMILES string of the molecule is CC(=O)N1CCN(c2ccnc(Nc3ccc4c(c3)OCCO4)n2)CC1. The number of nitrogens with one attached hydrogen (secondary N) is 1. The minimum atomic E-state index is 0.119. The normalized spacial score (nSPS) is 16.3. The number of carbonyl (C=O) groups is 1. The molecule has 0 radical (unpaired) electrons. The molecule has 136 valence electrons. The Bertz CT molecular complexity index is 805. The lowest BCUT2D eigenvalue weighted by Gasteiger charge is -2.34. The van der Waals surface area contributed by atoms with Crippen LogP contribution in [0.4, 0.5) is 17.5 Å². The van der Waals surface area contributed by atoms with Gasteiger partial charge in [-0.25, -0.2) is 4.98 Å². The Morgan fingerprint density at radius 2 is 1.85 bits per heavy atom. The second-order valence-corrected chi connectivity index (χ2v) is 6.21. The number of hydrogen-bond acceptors (Lipinski definition) is 7. The Morgan fingerprint density at radius 1 is 1.08 bits per heavy atom. The van der Waals surface area contributed by atoms with Gasteiger partial charge in [-0.15, -0.1) is 0 Å². The molecule has 0 aliphatic carbocycles. The number of piperazine rings is 1. The molecule has 1 amide bonds. The van der Waals surface area contributed by atoms with Crippen molar-refractivity contribution in [2.24, 2.45) is 0 Å². The van der Waals surface area contributed by atoms with Gasteiger partial charge in [-0.2, -0.15) is 4.98 Å². The van der Waals surface area contributed by atoms with Crippen molar-refractivity contribution in [2.45, 2.75) is 6.92 Å². The molecule has 1 aromatic heterocycles. The van der Waals surface area contributed by atoms with E-state index >= 15 is 0 Å². The van der Waals surface area contributed by atoms with Crippen LogP contribution in [0, 0.1) is 0 Å². The van der Waals surface area contributed by atoms with E-state index in [1.54, 1.807) is 13.1 Å². The Balaban J connectivity index is 1.45. The summed E-state index contributed by atoms with van der Waals surface area (Å²) in [7, 11) is 0. The molecule has 8 nitrogen and oxygen atoms in total. The number of benzene rings is 1. The van der Waals surface area contributed by atoms with Crippen molar-refractivity contribution in [3.8, 4) is 11.5 Å². The van der Waals surface area contributed by atoms with Gasteiger partial charge in [0.25, 0.3) is 0 Å². The lowest BCUT2D eigenvalue weighted by Crippen LogP contribution is -2.48. The summed E-state index contributed by atoms with van der Waals surface area (Å²) in [5, 5.41) is 3.21. The monoisotopic (exact) mass is 355 g/mol. The number of ether oxygens (including phenoxy) is 2. The Labute approximate surface area is 151 Å². The van der Waals surface area contributed by atoms with Gasteiger partial charge in [-0.1, -0.05) is 0 Å². The van der Waals surface area contributed by atoms with Crippen molar-refractivity contribution >= 4 is 23.4 Å². The van der Waals surface area contributed by atoms with Crippen LogP contribution < -0.4 is 19.7 Å². The fourth-order valence-electron chi connectivity index (χ4n) is 3.09. The van der Waals surface area contributed by atoms with E-state index in [9.17, 15) is 4.79 Å². The highest BCUT2D eigenvalue weighted by Gasteiger charge is 2.20. The van der Waals surface area contributed by atoms with Crippen molar-refractivity contribution in [3.63, 3.8) is 0 Å². The first-order valence-corrected chi connectivity index (χ1v) is 8.69. The molecule has 1 saturated heterocycles. The van der Waals surface area contributed by atoms with E-state index in [-0.39, 0.29) is 5.91 Å². The highest BCUT2D eigenvalue weighted by atomic mass is 16.6. The molecule has 0 saturated carbocycles. The fraction of sp³-hybridized carbons (Fsp3) is 0.389. The zero-order chi connectivity index (χ0) is 17.9. The molecular weight excluding hydrogens is 334 g/mol. The predicted octanol–water partition coefficient (Wildman–Crippen LogP) is 1.66. The largest absolute Gasteiger partial charge is 0.486 e. The zero-order valence-corrected chi connectivity index (χ0v) is 14.6. The molecule has 26 heavy (non-hydrogen) atoms. The lowest BCUT2D eigenvalue weighted by atomic mass is 10.2. The van der Waals surface area contributed by atoms with Crippen LogP contribution in [-0.4, -0.2) is 60.2 Å². The molecule has 2 aliphatic heterocycles. The number of aromatic nitrogens is 2. The maximum Gasteiger partial charge on any atom is 0.229 e. The van der Waals surface area contributed by atoms with Crippen LogP contribution in [0.1, 0.15) is 6.92 Å². The Hall–Kier alpha value is -3.03.